The van der Waals surface area contributed by atoms with Crippen LogP contribution in [0.2, 0.25) is 0 Å². The molecule has 1 N–H and O–H groups in total. The molecule has 0 bridgehead atoms. The van der Waals surface area contributed by atoms with Crippen molar-refractivity contribution in [1.82, 2.24) is 0 Å². The van der Waals surface area contributed by atoms with Crippen LogP contribution < -0.4 is 4.74 Å². The molecular weight excluding hydrogens is 192 g/mol. The molecule has 0 aliphatic rings. The Morgan fingerprint density at radius 1 is 1.40 bits per heavy atom. The van der Waals surface area contributed by atoms with E-state index in [0.717, 1.165) is 0 Å². The van der Waals surface area contributed by atoms with Gasteiger partial charge in [-0.25, -0.2) is 0 Å². The van der Waals surface area contributed by atoms with Gasteiger partial charge < -0.3 is 9.84 Å². The summed E-state index contributed by atoms with van der Waals surface area (Å²) >= 11 is 0. The van der Waals surface area contributed by atoms with E-state index in [9.17, 15) is 4.79 Å². The van der Waals surface area contributed by atoms with Crippen molar-refractivity contribution in [2.75, 3.05) is 6.61 Å². The van der Waals surface area contributed by atoms with Crippen LogP contribution in [0.4, 0.5) is 0 Å². The Kier molecular flexibility index (Phi) is 3.35. The average molecular weight is 208 g/mol. The van der Waals surface area contributed by atoms with E-state index in [2.05, 4.69) is 0 Å². The monoisotopic (exact) mass is 208 g/mol. The van der Waals surface area contributed by atoms with Crippen LogP contribution in [0.5, 0.6) is 5.75 Å². The molecule has 0 heterocycles. The minimum absolute atomic E-state index is 0.534. The van der Waals surface area contributed by atoms with Crippen LogP contribution in [0.1, 0.15) is 26.3 Å². The van der Waals surface area contributed by atoms with Gasteiger partial charge in [0.05, 0.1) is 12.0 Å². The molecule has 0 radical (unpaired) electrons. The Morgan fingerprint density at radius 2 is 2.00 bits per heavy atom. The highest BCUT2D eigenvalue weighted by molar-refractivity contribution is 5.81. The molecule has 0 spiro atoms. The van der Waals surface area contributed by atoms with E-state index in [0.29, 0.717) is 17.9 Å². The summed E-state index contributed by atoms with van der Waals surface area (Å²) in [5, 5.41) is 9.13. The number of rotatable bonds is 4. The van der Waals surface area contributed by atoms with Crippen molar-refractivity contribution < 1.29 is 14.6 Å². The fourth-order valence-corrected chi connectivity index (χ4v) is 1.38. The summed E-state index contributed by atoms with van der Waals surface area (Å²) in [6.07, 6.45) is 0. The highest BCUT2D eigenvalue weighted by Gasteiger charge is 2.32. The Morgan fingerprint density at radius 3 is 2.53 bits per heavy atom. The first-order chi connectivity index (χ1) is 7.00. The second kappa shape index (κ2) is 4.34. The quantitative estimate of drug-likeness (QED) is 0.826. The molecule has 0 saturated carbocycles. The zero-order valence-electron chi connectivity index (χ0n) is 9.28. The van der Waals surface area contributed by atoms with Crippen molar-refractivity contribution in [3.05, 3.63) is 29.8 Å². The number of hydrogen-bond donors (Lipinski definition) is 1. The Bertz CT molecular complexity index is 356. The van der Waals surface area contributed by atoms with Crippen LogP contribution in [0.25, 0.3) is 0 Å². The lowest BCUT2D eigenvalue weighted by Crippen LogP contribution is -2.29. The molecule has 0 atom stereocenters. The first kappa shape index (κ1) is 11.6. The summed E-state index contributed by atoms with van der Waals surface area (Å²) in [5.41, 5.74) is -0.217. The highest BCUT2D eigenvalue weighted by atomic mass is 16.5. The van der Waals surface area contributed by atoms with Gasteiger partial charge in [0.2, 0.25) is 0 Å². The third-order valence-corrected chi connectivity index (χ3v) is 2.39. The Balaban J connectivity index is 3.18. The molecule has 1 aromatic carbocycles. The first-order valence-electron chi connectivity index (χ1n) is 4.95. The summed E-state index contributed by atoms with van der Waals surface area (Å²) in [5.74, 6) is -0.206. The first-order valence-corrected chi connectivity index (χ1v) is 4.95. The number of aliphatic carboxylic acids is 1. The maximum atomic E-state index is 11.1. The van der Waals surface area contributed by atoms with Gasteiger partial charge in [0, 0.05) is 5.56 Å². The molecule has 0 aliphatic carbocycles. The molecule has 1 aromatic rings. The third kappa shape index (κ3) is 2.29. The van der Waals surface area contributed by atoms with Crippen molar-refractivity contribution in [2.45, 2.75) is 26.2 Å². The zero-order chi connectivity index (χ0) is 11.5. The number of ether oxygens (including phenoxy) is 1. The van der Waals surface area contributed by atoms with Gasteiger partial charge in [-0.15, -0.1) is 0 Å². The second-order valence-corrected chi connectivity index (χ2v) is 3.86. The minimum Gasteiger partial charge on any atom is -0.494 e. The standard InChI is InChI=1S/C12H16O3/c1-4-15-10-8-6-5-7-9(10)12(2,3)11(13)14/h5-8H,4H2,1-3H3,(H,13,14). The zero-order valence-corrected chi connectivity index (χ0v) is 9.28. The van der Waals surface area contributed by atoms with Gasteiger partial charge in [0.15, 0.2) is 0 Å². The smallest absolute Gasteiger partial charge is 0.313 e. The number of para-hydroxylation sites is 1. The maximum Gasteiger partial charge on any atom is 0.313 e. The molecular formula is C12H16O3. The Labute approximate surface area is 89.7 Å². The van der Waals surface area contributed by atoms with Crippen molar-refractivity contribution in [1.29, 1.82) is 0 Å². The second-order valence-electron chi connectivity index (χ2n) is 3.86. The van der Waals surface area contributed by atoms with E-state index in [4.69, 9.17) is 9.84 Å². The molecule has 82 valence electrons. The predicted molar refractivity (Wildman–Crippen MR) is 58.3 cm³/mol. The summed E-state index contributed by atoms with van der Waals surface area (Å²) in [7, 11) is 0. The average Bonchev–Trinajstić information content (AvgIpc) is 2.18. The third-order valence-electron chi connectivity index (χ3n) is 2.39. The number of carboxylic acid groups (broad SMARTS) is 1. The normalized spacial score (nSPS) is 11.1. The van der Waals surface area contributed by atoms with E-state index >= 15 is 0 Å². The lowest BCUT2D eigenvalue weighted by Gasteiger charge is -2.22. The van der Waals surface area contributed by atoms with E-state index in [1.54, 1.807) is 26.0 Å². The van der Waals surface area contributed by atoms with Crippen molar-refractivity contribution >= 4 is 5.97 Å². The maximum absolute atomic E-state index is 11.1. The molecule has 0 saturated heterocycles. The van der Waals surface area contributed by atoms with Gasteiger partial charge in [0.25, 0.3) is 0 Å². The SMILES string of the molecule is CCOc1ccccc1C(C)(C)C(=O)O. The summed E-state index contributed by atoms with van der Waals surface area (Å²) < 4.78 is 5.41. The minimum atomic E-state index is -0.925. The van der Waals surface area contributed by atoms with Gasteiger partial charge in [-0.3, -0.25) is 4.79 Å². The van der Waals surface area contributed by atoms with E-state index in [-0.39, 0.29) is 0 Å². The van der Waals surface area contributed by atoms with E-state index in [1.165, 1.54) is 0 Å². The van der Waals surface area contributed by atoms with Gasteiger partial charge in [-0.05, 0) is 26.8 Å². The van der Waals surface area contributed by atoms with E-state index in [1.807, 2.05) is 19.1 Å². The molecule has 0 unspecified atom stereocenters. The predicted octanol–water partition coefficient (Wildman–Crippen LogP) is 2.45. The van der Waals surface area contributed by atoms with E-state index < -0.39 is 11.4 Å². The van der Waals surface area contributed by atoms with Gasteiger partial charge in [0.1, 0.15) is 5.75 Å². The number of carbonyl (C=O) groups is 1. The van der Waals surface area contributed by atoms with Gasteiger partial charge in [-0.2, -0.15) is 0 Å². The molecule has 0 aliphatic heterocycles. The molecule has 0 aromatic heterocycles. The summed E-state index contributed by atoms with van der Waals surface area (Å²) in [4.78, 5) is 11.1. The summed E-state index contributed by atoms with van der Waals surface area (Å²) in [6.45, 7) is 5.76. The van der Waals surface area contributed by atoms with Gasteiger partial charge >= 0.3 is 5.97 Å². The van der Waals surface area contributed by atoms with Crippen LogP contribution in [-0.2, 0) is 10.2 Å². The molecule has 3 heteroatoms. The van der Waals surface area contributed by atoms with Crippen LogP contribution in [-0.4, -0.2) is 17.7 Å². The number of benzene rings is 1. The molecule has 3 nitrogen and oxygen atoms in total. The van der Waals surface area contributed by atoms with Crippen LogP contribution >= 0.6 is 0 Å². The Hall–Kier alpha value is -1.51. The van der Waals surface area contributed by atoms with Crippen molar-refractivity contribution in [3.8, 4) is 5.75 Å². The fourth-order valence-electron chi connectivity index (χ4n) is 1.38. The highest BCUT2D eigenvalue weighted by Crippen LogP contribution is 2.31. The number of carboxylic acids is 1. The number of hydrogen-bond acceptors (Lipinski definition) is 2. The van der Waals surface area contributed by atoms with Crippen molar-refractivity contribution in [3.63, 3.8) is 0 Å². The topological polar surface area (TPSA) is 46.5 Å². The van der Waals surface area contributed by atoms with Crippen LogP contribution in [0.3, 0.4) is 0 Å². The lowest BCUT2D eigenvalue weighted by molar-refractivity contribution is -0.142. The molecule has 0 amide bonds. The lowest BCUT2D eigenvalue weighted by atomic mass is 9.84. The van der Waals surface area contributed by atoms with Crippen molar-refractivity contribution in [2.24, 2.45) is 0 Å². The molecule has 0 fully saturated rings. The summed E-state index contributed by atoms with van der Waals surface area (Å²) in [6, 6.07) is 7.25. The fraction of sp³-hybridized carbons (Fsp3) is 0.417. The van der Waals surface area contributed by atoms with Crippen LogP contribution in [0.15, 0.2) is 24.3 Å². The molecule has 1 rings (SSSR count). The largest absolute Gasteiger partial charge is 0.494 e. The van der Waals surface area contributed by atoms with Gasteiger partial charge in [-0.1, -0.05) is 18.2 Å². The van der Waals surface area contributed by atoms with Crippen LogP contribution in [0, 0.1) is 0 Å². The molecule has 15 heavy (non-hydrogen) atoms.